The van der Waals surface area contributed by atoms with Crippen LogP contribution in [0.5, 0.6) is 0 Å². The van der Waals surface area contributed by atoms with Gasteiger partial charge in [0.2, 0.25) is 5.91 Å². The lowest BCUT2D eigenvalue weighted by Gasteiger charge is -2.24. The number of rotatable bonds is 3. The zero-order chi connectivity index (χ0) is 16.4. The summed E-state index contributed by atoms with van der Waals surface area (Å²) in [7, 11) is 0. The van der Waals surface area contributed by atoms with Gasteiger partial charge in [0.1, 0.15) is 5.82 Å². The Morgan fingerprint density at radius 3 is 2.70 bits per heavy atom. The maximum absolute atomic E-state index is 13.1. The molecule has 1 fully saturated rings. The van der Waals surface area contributed by atoms with Gasteiger partial charge in [-0.05, 0) is 55.2 Å². The van der Waals surface area contributed by atoms with E-state index in [2.05, 4.69) is 4.98 Å². The molecule has 120 valence electrons. The number of hydrogen-bond acceptors (Lipinski definition) is 2. The SMILES string of the molecule is CCC(=O)N1CCC[C@@H]1c1cc(-c2ccc(F)cc2)cc(C)n1. The standard InChI is InChI=1S/C19H21FN2O/c1-3-19(23)22-10-4-5-18(22)17-12-15(11-13(2)21-17)14-6-8-16(20)9-7-14/h6-9,11-12,18H,3-5,10H2,1-2H3/t18-/m1/s1. The summed E-state index contributed by atoms with van der Waals surface area (Å²) in [6.45, 7) is 4.65. The van der Waals surface area contributed by atoms with E-state index in [1.807, 2.05) is 30.9 Å². The molecule has 1 aromatic heterocycles. The quantitative estimate of drug-likeness (QED) is 0.848. The van der Waals surface area contributed by atoms with Gasteiger partial charge < -0.3 is 4.90 Å². The number of hydrogen-bond donors (Lipinski definition) is 0. The van der Waals surface area contributed by atoms with Gasteiger partial charge in [0.15, 0.2) is 0 Å². The normalized spacial score (nSPS) is 17.5. The molecule has 23 heavy (non-hydrogen) atoms. The summed E-state index contributed by atoms with van der Waals surface area (Å²) in [5.74, 6) is -0.0607. The summed E-state index contributed by atoms with van der Waals surface area (Å²) in [4.78, 5) is 18.7. The fourth-order valence-electron chi connectivity index (χ4n) is 3.25. The largest absolute Gasteiger partial charge is 0.334 e. The minimum atomic E-state index is -0.240. The van der Waals surface area contributed by atoms with Crippen molar-refractivity contribution in [3.63, 3.8) is 0 Å². The average Bonchev–Trinajstić information content (AvgIpc) is 3.04. The molecule has 0 aliphatic carbocycles. The van der Waals surface area contributed by atoms with Crippen molar-refractivity contribution in [2.45, 2.75) is 39.2 Å². The first-order valence-corrected chi connectivity index (χ1v) is 8.12. The van der Waals surface area contributed by atoms with Crippen LogP contribution < -0.4 is 0 Å². The van der Waals surface area contributed by atoms with Crippen molar-refractivity contribution >= 4 is 5.91 Å². The molecule has 1 saturated heterocycles. The van der Waals surface area contributed by atoms with Crippen LogP contribution in [0, 0.1) is 12.7 Å². The molecule has 3 rings (SSSR count). The lowest BCUT2D eigenvalue weighted by molar-refractivity contribution is -0.131. The number of aryl methyl sites for hydroxylation is 1. The van der Waals surface area contributed by atoms with E-state index in [4.69, 9.17) is 0 Å². The molecule has 2 heterocycles. The number of aromatic nitrogens is 1. The number of halogens is 1. The van der Waals surface area contributed by atoms with Gasteiger partial charge in [0, 0.05) is 18.7 Å². The van der Waals surface area contributed by atoms with E-state index in [0.29, 0.717) is 6.42 Å². The van der Waals surface area contributed by atoms with E-state index >= 15 is 0 Å². The maximum Gasteiger partial charge on any atom is 0.222 e. The second kappa shape index (κ2) is 6.49. The number of carbonyl (C=O) groups excluding carboxylic acids is 1. The van der Waals surface area contributed by atoms with Crippen LogP contribution in [0.15, 0.2) is 36.4 Å². The van der Waals surface area contributed by atoms with Crippen molar-refractivity contribution < 1.29 is 9.18 Å². The number of benzene rings is 1. The van der Waals surface area contributed by atoms with E-state index in [-0.39, 0.29) is 17.8 Å². The lowest BCUT2D eigenvalue weighted by atomic mass is 10.0. The third kappa shape index (κ3) is 3.26. The van der Waals surface area contributed by atoms with Gasteiger partial charge in [-0.15, -0.1) is 0 Å². The van der Waals surface area contributed by atoms with E-state index in [1.165, 1.54) is 12.1 Å². The van der Waals surface area contributed by atoms with E-state index in [0.717, 1.165) is 41.9 Å². The van der Waals surface area contributed by atoms with Crippen molar-refractivity contribution in [1.29, 1.82) is 0 Å². The highest BCUT2D eigenvalue weighted by Crippen LogP contribution is 2.33. The van der Waals surface area contributed by atoms with Crippen LogP contribution in [0.25, 0.3) is 11.1 Å². The van der Waals surface area contributed by atoms with Crippen LogP contribution in [-0.4, -0.2) is 22.3 Å². The number of carbonyl (C=O) groups is 1. The fourth-order valence-corrected chi connectivity index (χ4v) is 3.25. The Balaban J connectivity index is 1.97. The highest BCUT2D eigenvalue weighted by molar-refractivity contribution is 5.76. The number of likely N-dealkylation sites (tertiary alicyclic amines) is 1. The molecule has 1 amide bonds. The molecule has 1 aliphatic heterocycles. The van der Waals surface area contributed by atoms with Gasteiger partial charge in [0.25, 0.3) is 0 Å². The van der Waals surface area contributed by atoms with Gasteiger partial charge in [-0.1, -0.05) is 19.1 Å². The average molecular weight is 312 g/mol. The first kappa shape index (κ1) is 15.7. The predicted molar refractivity (Wildman–Crippen MR) is 88.3 cm³/mol. The lowest BCUT2D eigenvalue weighted by Crippen LogP contribution is -2.30. The second-order valence-corrected chi connectivity index (χ2v) is 6.03. The minimum absolute atomic E-state index is 0.0570. The molecule has 3 nitrogen and oxygen atoms in total. The smallest absolute Gasteiger partial charge is 0.222 e. The molecule has 0 radical (unpaired) electrons. The topological polar surface area (TPSA) is 33.2 Å². The molecular weight excluding hydrogens is 291 g/mol. The third-order valence-corrected chi connectivity index (χ3v) is 4.37. The molecular formula is C19H21FN2O. The van der Waals surface area contributed by atoms with Crippen LogP contribution in [0.4, 0.5) is 4.39 Å². The Kier molecular flexibility index (Phi) is 4.42. The fraction of sp³-hybridized carbons (Fsp3) is 0.368. The van der Waals surface area contributed by atoms with Crippen LogP contribution >= 0.6 is 0 Å². The zero-order valence-electron chi connectivity index (χ0n) is 13.6. The molecule has 0 spiro atoms. The first-order valence-electron chi connectivity index (χ1n) is 8.12. The minimum Gasteiger partial charge on any atom is -0.334 e. The van der Waals surface area contributed by atoms with Crippen molar-refractivity contribution in [1.82, 2.24) is 9.88 Å². The summed E-state index contributed by atoms with van der Waals surface area (Å²) >= 11 is 0. The number of pyridine rings is 1. The van der Waals surface area contributed by atoms with Crippen LogP contribution in [0.1, 0.15) is 43.6 Å². The van der Waals surface area contributed by atoms with Crippen LogP contribution in [0.2, 0.25) is 0 Å². The van der Waals surface area contributed by atoms with E-state index in [9.17, 15) is 9.18 Å². The van der Waals surface area contributed by atoms with Gasteiger partial charge in [-0.2, -0.15) is 0 Å². The predicted octanol–water partition coefficient (Wildman–Crippen LogP) is 4.27. The summed E-state index contributed by atoms with van der Waals surface area (Å²) < 4.78 is 13.1. The maximum atomic E-state index is 13.1. The Bertz CT molecular complexity index is 712. The number of nitrogens with zero attached hydrogens (tertiary/aromatic N) is 2. The van der Waals surface area contributed by atoms with E-state index in [1.54, 1.807) is 12.1 Å². The number of amides is 1. The highest BCUT2D eigenvalue weighted by atomic mass is 19.1. The molecule has 0 N–H and O–H groups in total. The molecule has 0 saturated carbocycles. The summed E-state index contributed by atoms with van der Waals surface area (Å²) in [5, 5.41) is 0. The second-order valence-electron chi connectivity index (χ2n) is 6.03. The molecule has 1 aromatic carbocycles. The Hall–Kier alpha value is -2.23. The van der Waals surface area contributed by atoms with Crippen LogP contribution in [0.3, 0.4) is 0 Å². The third-order valence-electron chi connectivity index (χ3n) is 4.37. The zero-order valence-corrected chi connectivity index (χ0v) is 13.6. The van der Waals surface area contributed by atoms with Crippen molar-refractivity contribution in [2.75, 3.05) is 6.54 Å². The van der Waals surface area contributed by atoms with Gasteiger partial charge >= 0.3 is 0 Å². The van der Waals surface area contributed by atoms with Crippen molar-refractivity contribution in [3.8, 4) is 11.1 Å². The van der Waals surface area contributed by atoms with Gasteiger partial charge in [-0.3, -0.25) is 9.78 Å². The summed E-state index contributed by atoms with van der Waals surface area (Å²) in [6, 6.07) is 10.6. The van der Waals surface area contributed by atoms with Gasteiger partial charge in [0.05, 0.1) is 11.7 Å². The Morgan fingerprint density at radius 1 is 1.26 bits per heavy atom. The van der Waals surface area contributed by atoms with E-state index < -0.39 is 0 Å². The van der Waals surface area contributed by atoms with Crippen molar-refractivity contribution in [3.05, 3.63) is 53.6 Å². The summed E-state index contributed by atoms with van der Waals surface area (Å²) in [5.41, 5.74) is 3.83. The Labute approximate surface area is 136 Å². The van der Waals surface area contributed by atoms with Crippen molar-refractivity contribution in [2.24, 2.45) is 0 Å². The first-order chi connectivity index (χ1) is 11.1. The van der Waals surface area contributed by atoms with Crippen LogP contribution in [-0.2, 0) is 4.79 Å². The molecule has 2 aromatic rings. The monoisotopic (exact) mass is 312 g/mol. The molecule has 4 heteroatoms. The molecule has 0 unspecified atom stereocenters. The molecule has 0 bridgehead atoms. The van der Waals surface area contributed by atoms with Gasteiger partial charge in [-0.25, -0.2) is 4.39 Å². The molecule has 1 aliphatic rings. The summed E-state index contributed by atoms with van der Waals surface area (Å²) in [6.07, 6.45) is 2.48. The highest BCUT2D eigenvalue weighted by Gasteiger charge is 2.30. The molecule has 1 atom stereocenters. The Morgan fingerprint density at radius 2 is 2.00 bits per heavy atom.